The van der Waals surface area contributed by atoms with Crippen molar-refractivity contribution >= 4 is 21.8 Å². The lowest BCUT2D eigenvalue weighted by Gasteiger charge is -2.32. The molecule has 0 amide bonds. The minimum Gasteiger partial charge on any atom is -0.507 e. The van der Waals surface area contributed by atoms with E-state index in [1.165, 1.54) is 27.7 Å². The first-order valence-electron chi connectivity index (χ1n) is 6.39. The lowest BCUT2D eigenvalue weighted by molar-refractivity contribution is -0.120. The van der Waals surface area contributed by atoms with Gasteiger partial charge in [-0.1, -0.05) is 0 Å². The summed E-state index contributed by atoms with van der Waals surface area (Å²) in [4.78, 5) is 23.0. The first-order valence-corrected chi connectivity index (χ1v) is 7.79. The van der Waals surface area contributed by atoms with Crippen molar-refractivity contribution in [2.24, 2.45) is 0 Å². The van der Waals surface area contributed by atoms with E-state index in [1.807, 2.05) is 0 Å². The molecule has 2 atom stereocenters. The predicted octanol–water partition coefficient (Wildman–Crippen LogP) is 0.131. The van der Waals surface area contributed by atoms with E-state index in [-0.39, 0.29) is 0 Å². The molecule has 120 valence electrons. The number of hydrogen-bond donors (Lipinski definition) is 2. The molecule has 0 aliphatic carbocycles. The Balaban J connectivity index is 3.39. The van der Waals surface area contributed by atoms with Crippen molar-refractivity contribution in [1.82, 2.24) is 8.61 Å². The Bertz CT molecular complexity index is 539. The zero-order valence-corrected chi connectivity index (χ0v) is 13.2. The van der Waals surface area contributed by atoms with E-state index in [4.69, 9.17) is 0 Å². The number of ketones is 2. The maximum Gasteiger partial charge on any atom is 0.284 e. The molecular weight excluding hydrogens is 300 g/mol. The van der Waals surface area contributed by atoms with Crippen LogP contribution in [0.3, 0.4) is 0 Å². The van der Waals surface area contributed by atoms with Gasteiger partial charge in [0.15, 0.2) is 0 Å². The molecule has 1 rings (SSSR count). The third kappa shape index (κ3) is 3.42. The minimum absolute atomic E-state index is 0.414. The van der Waals surface area contributed by atoms with Gasteiger partial charge in [-0.3, -0.25) is 9.59 Å². The van der Waals surface area contributed by atoms with Crippen LogP contribution in [-0.2, 0) is 19.8 Å². The standard InChI is InChI=1S/C12H20N2O6S/c1-7(9(3)15)13-5-11(17)12(18)6-14(21(13,19)20)8(2)10(4)16/h7-8,17-18H,5-6H2,1-4H3. The summed E-state index contributed by atoms with van der Waals surface area (Å²) < 4.78 is 26.8. The number of rotatable bonds is 4. The van der Waals surface area contributed by atoms with E-state index in [0.29, 0.717) is 0 Å². The maximum absolute atomic E-state index is 12.6. The van der Waals surface area contributed by atoms with Gasteiger partial charge in [-0.15, -0.1) is 0 Å². The number of carbonyl (C=O) groups excluding carboxylic acids is 2. The summed E-state index contributed by atoms with van der Waals surface area (Å²) in [6, 6.07) is -2.05. The van der Waals surface area contributed by atoms with E-state index in [1.54, 1.807) is 0 Å². The largest absolute Gasteiger partial charge is 0.507 e. The van der Waals surface area contributed by atoms with Crippen LogP contribution in [0, 0.1) is 0 Å². The monoisotopic (exact) mass is 320 g/mol. The number of Topliss-reactive ketones (excluding diaryl/α,β-unsaturated/α-hetero) is 2. The van der Waals surface area contributed by atoms with Crippen LogP contribution in [0.5, 0.6) is 0 Å². The maximum atomic E-state index is 12.6. The number of nitrogens with zero attached hydrogens (tertiary/aromatic N) is 2. The Morgan fingerprint density at radius 1 is 0.952 bits per heavy atom. The molecule has 0 fully saturated rings. The highest BCUT2D eigenvalue weighted by Crippen LogP contribution is 2.23. The average molecular weight is 320 g/mol. The van der Waals surface area contributed by atoms with E-state index in [0.717, 1.165) is 8.61 Å². The van der Waals surface area contributed by atoms with Crippen LogP contribution in [-0.4, -0.2) is 64.0 Å². The predicted molar refractivity (Wildman–Crippen MR) is 74.9 cm³/mol. The molecule has 0 aromatic carbocycles. The highest BCUT2D eigenvalue weighted by atomic mass is 32.2. The van der Waals surface area contributed by atoms with Gasteiger partial charge in [0.05, 0.1) is 25.2 Å². The zero-order valence-electron chi connectivity index (χ0n) is 12.4. The summed E-state index contributed by atoms with van der Waals surface area (Å²) in [5, 5.41) is 19.5. The molecule has 0 saturated heterocycles. The van der Waals surface area contributed by atoms with Gasteiger partial charge in [0, 0.05) is 0 Å². The highest BCUT2D eigenvalue weighted by molar-refractivity contribution is 7.86. The van der Waals surface area contributed by atoms with Crippen LogP contribution in [0.15, 0.2) is 11.5 Å². The van der Waals surface area contributed by atoms with E-state index in [9.17, 15) is 28.2 Å². The molecule has 1 aliphatic rings. The molecule has 0 radical (unpaired) electrons. The van der Waals surface area contributed by atoms with E-state index in [2.05, 4.69) is 0 Å². The van der Waals surface area contributed by atoms with Crippen LogP contribution in [0.2, 0.25) is 0 Å². The Hall–Kier alpha value is -1.45. The van der Waals surface area contributed by atoms with Gasteiger partial charge in [0.25, 0.3) is 10.2 Å². The molecule has 0 aromatic rings. The number of aliphatic hydroxyl groups excluding tert-OH is 2. The van der Waals surface area contributed by atoms with Gasteiger partial charge in [-0.2, -0.15) is 17.0 Å². The molecule has 0 saturated carbocycles. The van der Waals surface area contributed by atoms with Crippen LogP contribution < -0.4 is 0 Å². The van der Waals surface area contributed by atoms with Gasteiger partial charge >= 0.3 is 0 Å². The molecule has 0 spiro atoms. The third-order valence-electron chi connectivity index (χ3n) is 3.58. The first-order chi connectivity index (χ1) is 9.50. The lowest BCUT2D eigenvalue weighted by Crippen LogP contribution is -2.53. The Morgan fingerprint density at radius 2 is 1.24 bits per heavy atom. The summed E-state index contributed by atoms with van der Waals surface area (Å²) in [6.45, 7) is 4.18. The summed E-state index contributed by atoms with van der Waals surface area (Å²) in [6.07, 6.45) is 0. The van der Waals surface area contributed by atoms with Crippen molar-refractivity contribution in [3.05, 3.63) is 11.5 Å². The van der Waals surface area contributed by atoms with Gasteiger partial charge in [0.2, 0.25) is 0 Å². The molecule has 9 heteroatoms. The van der Waals surface area contributed by atoms with E-state index < -0.39 is 58.5 Å². The second-order valence-corrected chi connectivity index (χ2v) is 6.90. The van der Waals surface area contributed by atoms with Crippen molar-refractivity contribution < 1.29 is 28.2 Å². The summed E-state index contributed by atoms with van der Waals surface area (Å²) in [5.74, 6) is -1.90. The SMILES string of the molecule is CC(=O)C(C)N1CC(O)=C(O)CN(C(C)C(C)=O)S1(=O)=O. The van der Waals surface area contributed by atoms with Crippen molar-refractivity contribution in [2.75, 3.05) is 13.1 Å². The van der Waals surface area contributed by atoms with Crippen molar-refractivity contribution in [2.45, 2.75) is 39.8 Å². The Kier molecular flexibility index (Phi) is 5.13. The normalized spacial score (nSPS) is 23.4. The molecular formula is C12H20N2O6S. The van der Waals surface area contributed by atoms with Gasteiger partial charge in [-0.05, 0) is 27.7 Å². The zero-order chi connectivity index (χ0) is 16.5. The number of hydrogen-bond acceptors (Lipinski definition) is 6. The van der Waals surface area contributed by atoms with Crippen molar-refractivity contribution in [3.63, 3.8) is 0 Å². The molecule has 21 heavy (non-hydrogen) atoms. The fraction of sp³-hybridized carbons (Fsp3) is 0.667. The van der Waals surface area contributed by atoms with Crippen molar-refractivity contribution in [3.8, 4) is 0 Å². The van der Waals surface area contributed by atoms with Gasteiger partial charge in [0.1, 0.15) is 23.1 Å². The first kappa shape index (κ1) is 17.6. The molecule has 0 aromatic heterocycles. The molecule has 0 bridgehead atoms. The topological polar surface area (TPSA) is 115 Å². The van der Waals surface area contributed by atoms with Crippen LogP contribution in [0.1, 0.15) is 27.7 Å². The lowest BCUT2D eigenvalue weighted by atomic mass is 10.2. The van der Waals surface area contributed by atoms with Gasteiger partial charge in [-0.25, -0.2) is 0 Å². The highest BCUT2D eigenvalue weighted by Gasteiger charge is 2.42. The molecule has 2 unspecified atom stereocenters. The fourth-order valence-electron chi connectivity index (χ4n) is 1.85. The van der Waals surface area contributed by atoms with Crippen LogP contribution in [0.4, 0.5) is 0 Å². The van der Waals surface area contributed by atoms with Crippen LogP contribution >= 0.6 is 0 Å². The summed E-state index contributed by atoms with van der Waals surface area (Å²) in [5.41, 5.74) is 0. The second kappa shape index (κ2) is 6.12. The molecule has 1 aliphatic heterocycles. The van der Waals surface area contributed by atoms with E-state index >= 15 is 0 Å². The number of carbonyl (C=O) groups is 2. The smallest absolute Gasteiger partial charge is 0.284 e. The third-order valence-corrected chi connectivity index (χ3v) is 5.65. The minimum atomic E-state index is -4.19. The average Bonchev–Trinajstić information content (AvgIpc) is 2.46. The Morgan fingerprint density at radius 3 is 1.48 bits per heavy atom. The Labute approximate surface area is 123 Å². The number of aliphatic hydroxyl groups is 2. The van der Waals surface area contributed by atoms with Crippen molar-refractivity contribution in [1.29, 1.82) is 0 Å². The van der Waals surface area contributed by atoms with Gasteiger partial charge < -0.3 is 10.2 Å². The quantitative estimate of drug-likeness (QED) is 0.761. The molecule has 2 N–H and O–H groups in total. The van der Waals surface area contributed by atoms with Crippen LogP contribution in [0.25, 0.3) is 0 Å². The molecule has 8 nitrogen and oxygen atoms in total. The fourth-order valence-corrected chi connectivity index (χ4v) is 3.79. The molecule has 1 heterocycles. The summed E-state index contributed by atoms with van der Waals surface area (Å²) in [7, 11) is -4.19. The second-order valence-electron chi connectivity index (χ2n) is 5.06. The summed E-state index contributed by atoms with van der Waals surface area (Å²) >= 11 is 0.